The fraction of sp³-hybridized carbons (Fsp3) is 0.250. The number of nitrogen functional groups attached to an aromatic ring is 1. The number of amides is 2. The molecule has 3 aromatic heterocycles. The molecule has 0 bridgehead atoms. The molecule has 230 valence electrons. The average molecular weight is 626 g/mol. The minimum Gasteiger partial charge on any atom is -0.462 e. The van der Waals surface area contributed by atoms with Gasteiger partial charge in [-0.2, -0.15) is 0 Å². The van der Waals surface area contributed by atoms with E-state index in [2.05, 4.69) is 15.3 Å². The summed E-state index contributed by atoms with van der Waals surface area (Å²) >= 11 is 1.06. The van der Waals surface area contributed by atoms with E-state index in [-0.39, 0.29) is 25.2 Å². The van der Waals surface area contributed by atoms with Crippen molar-refractivity contribution in [1.29, 1.82) is 0 Å². The molecule has 0 spiro atoms. The predicted molar refractivity (Wildman–Crippen MR) is 169 cm³/mol. The Hall–Kier alpha value is -5.30. The van der Waals surface area contributed by atoms with Crippen LogP contribution in [0.15, 0.2) is 67.0 Å². The summed E-state index contributed by atoms with van der Waals surface area (Å²) in [5.74, 6) is 0.0999. The van der Waals surface area contributed by atoms with Gasteiger partial charge in [-0.25, -0.2) is 24.5 Å². The van der Waals surface area contributed by atoms with Gasteiger partial charge in [-0.15, -0.1) is 0 Å². The van der Waals surface area contributed by atoms with E-state index < -0.39 is 12.1 Å². The first-order chi connectivity index (χ1) is 21.8. The van der Waals surface area contributed by atoms with Gasteiger partial charge >= 0.3 is 12.1 Å². The minimum atomic E-state index is -0.470. The van der Waals surface area contributed by atoms with Gasteiger partial charge in [-0.05, 0) is 44.4 Å². The molecule has 2 aromatic carbocycles. The molecule has 1 atom stereocenters. The number of hydrogen-bond acceptors (Lipinski definition) is 10. The number of nitrogens with one attached hydrogen (secondary N) is 1. The molecule has 0 aliphatic carbocycles. The number of carbonyl (C=O) groups is 3. The standard InChI is InChI=1S/C32H31N7O5S/c1-3-43-30(41)26-19(2)35-31(45-26)37-29(40)22-13-11-21(12-14-22)24-25-27(33)34-15-17-39(25)28(36-24)23-10-7-16-38(23)32(42)44-18-20-8-5-4-6-9-20/h4-6,8-9,11-15,17,23H,3,7,10,16,18H2,1-2H3,(H2,33,34)(H,35,37,40)/t23-/m0/s1. The van der Waals surface area contributed by atoms with E-state index in [1.165, 1.54) is 0 Å². The van der Waals surface area contributed by atoms with Gasteiger partial charge in [0.05, 0.1) is 18.3 Å². The monoisotopic (exact) mass is 625 g/mol. The van der Waals surface area contributed by atoms with Gasteiger partial charge in [0.1, 0.15) is 34.3 Å². The number of hydrogen-bond donors (Lipinski definition) is 2. The van der Waals surface area contributed by atoms with E-state index in [9.17, 15) is 14.4 Å². The lowest BCUT2D eigenvalue weighted by atomic mass is 10.1. The zero-order valence-corrected chi connectivity index (χ0v) is 25.5. The van der Waals surface area contributed by atoms with Gasteiger partial charge in [-0.1, -0.05) is 53.8 Å². The summed E-state index contributed by atoms with van der Waals surface area (Å²) in [7, 11) is 0. The van der Waals surface area contributed by atoms with E-state index in [0.717, 1.165) is 28.9 Å². The summed E-state index contributed by atoms with van der Waals surface area (Å²) in [6.45, 7) is 4.40. The Labute approximate surface area is 262 Å². The first-order valence-electron chi connectivity index (χ1n) is 14.5. The number of benzene rings is 2. The van der Waals surface area contributed by atoms with Gasteiger partial charge in [0.2, 0.25) is 0 Å². The number of anilines is 2. The van der Waals surface area contributed by atoms with E-state index in [4.69, 9.17) is 20.2 Å². The summed E-state index contributed by atoms with van der Waals surface area (Å²) < 4.78 is 12.6. The molecule has 0 unspecified atom stereocenters. The molecule has 45 heavy (non-hydrogen) atoms. The van der Waals surface area contributed by atoms with Crippen molar-refractivity contribution in [2.24, 2.45) is 0 Å². The third-order valence-electron chi connectivity index (χ3n) is 7.50. The average Bonchev–Trinajstić information content (AvgIpc) is 3.78. The number of aromatic nitrogens is 4. The van der Waals surface area contributed by atoms with Crippen LogP contribution < -0.4 is 11.1 Å². The molecule has 3 N–H and O–H groups in total. The molecule has 1 aliphatic rings. The Morgan fingerprint density at radius 3 is 2.60 bits per heavy atom. The molecule has 5 aromatic rings. The predicted octanol–water partition coefficient (Wildman–Crippen LogP) is 5.65. The van der Waals surface area contributed by atoms with Crippen LogP contribution in [0.25, 0.3) is 16.8 Å². The Bertz CT molecular complexity index is 1870. The van der Waals surface area contributed by atoms with Crippen LogP contribution in [-0.4, -0.2) is 55.4 Å². The second-order valence-corrected chi connectivity index (χ2v) is 11.4. The SMILES string of the molecule is CCOC(=O)c1sc(NC(=O)c2ccc(-c3nc([C@@H]4CCCN4C(=O)OCc4ccccc4)n4ccnc(N)c34)cc2)nc1C. The van der Waals surface area contributed by atoms with Crippen molar-refractivity contribution in [1.82, 2.24) is 24.3 Å². The van der Waals surface area contributed by atoms with Crippen molar-refractivity contribution in [3.63, 3.8) is 0 Å². The lowest BCUT2D eigenvalue weighted by molar-refractivity contribution is 0.0530. The van der Waals surface area contributed by atoms with Gasteiger partial charge in [0.25, 0.3) is 5.91 Å². The Kier molecular flexibility index (Phi) is 8.43. The number of imidazole rings is 1. The van der Waals surface area contributed by atoms with Gasteiger partial charge in [0, 0.05) is 30.1 Å². The van der Waals surface area contributed by atoms with Gasteiger partial charge in [-0.3, -0.25) is 19.4 Å². The van der Waals surface area contributed by atoms with Crippen LogP contribution >= 0.6 is 11.3 Å². The van der Waals surface area contributed by atoms with Crippen LogP contribution in [0.3, 0.4) is 0 Å². The minimum absolute atomic E-state index is 0.183. The number of likely N-dealkylation sites (tertiary alicyclic amines) is 1. The van der Waals surface area contributed by atoms with E-state index in [1.54, 1.807) is 55.4 Å². The highest BCUT2D eigenvalue weighted by molar-refractivity contribution is 7.17. The van der Waals surface area contributed by atoms with Gasteiger partial charge in [0.15, 0.2) is 5.13 Å². The van der Waals surface area contributed by atoms with Crippen LogP contribution in [-0.2, 0) is 16.1 Å². The molecule has 4 heterocycles. The molecule has 1 saturated heterocycles. The number of fused-ring (bicyclic) bond motifs is 1. The van der Waals surface area contributed by atoms with E-state index >= 15 is 0 Å². The van der Waals surface area contributed by atoms with Gasteiger partial charge < -0.3 is 15.2 Å². The number of nitrogens with zero attached hydrogens (tertiary/aromatic N) is 5. The molecular formula is C32H31N7O5S. The maximum atomic E-state index is 13.2. The fourth-order valence-electron chi connectivity index (χ4n) is 5.36. The second kappa shape index (κ2) is 12.7. The molecule has 13 heteroatoms. The lowest BCUT2D eigenvalue weighted by Crippen LogP contribution is -2.32. The molecule has 2 amide bonds. The zero-order chi connectivity index (χ0) is 31.5. The molecule has 1 aliphatic heterocycles. The fourth-order valence-corrected chi connectivity index (χ4v) is 6.22. The summed E-state index contributed by atoms with van der Waals surface area (Å²) in [4.78, 5) is 53.9. The number of nitrogens with two attached hydrogens (primary N) is 1. The number of ether oxygens (including phenoxy) is 2. The third kappa shape index (κ3) is 6.07. The topological polar surface area (TPSA) is 154 Å². The highest BCUT2D eigenvalue weighted by atomic mass is 32.1. The Morgan fingerprint density at radius 2 is 1.84 bits per heavy atom. The Balaban J connectivity index is 1.23. The highest BCUT2D eigenvalue weighted by Crippen LogP contribution is 2.37. The second-order valence-electron chi connectivity index (χ2n) is 10.4. The normalized spacial score (nSPS) is 14.4. The summed E-state index contributed by atoms with van der Waals surface area (Å²) in [6, 6.07) is 16.2. The van der Waals surface area contributed by atoms with Crippen molar-refractivity contribution in [3.05, 3.63) is 94.5 Å². The van der Waals surface area contributed by atoms with Crippen molar-refractivity contribution < 1.29 is 23.9 Å². The Morgan fingerprint density at radius 1 is 1.07 bits per heavy atom. The molecule has 12 nitrogen and oxygen atoms in total. The highest BCUT2D eigenvalue weighted by Gasteiger charge is 2.35. The van der Waals surface area contributed by atoms with E-state index in [1.807, 2.05) is 34.7 Å². The smallest absolute Gasteiger partial charge is 0.410 e. The number of esters is 1. The van der Waals surface area contributed by atoms with Crippen molar-refractivity contribution in [2.45, 2.75) is 39.3 Å². The number of aryl methyl sites for hydroxylation is 1. The van der Waals surface area contributed by atoms with Crippen LogP contribution in [0, 0.1) is 6.92 Å². The van der Waals surface area contributed by atoms with Crippen LogP contribution in [0.2, 0.25) is 0 Å². The molecule has 1 fully saturated rings. The quantitative estimate of drug-likeness (QED) is 0.208. The molecule has 0 radical (unpaired) electrons. The van der Waals surface area contributed by atoms with Crippen LogP contribution in [0.5, 0.6) is 0 Å². The van der Waals surface area contributed by atoms with Crippen molar-refractivity contribution >= 4 is 45.8 Å². The summed E-state index contributed by atoms with van der Waals surface area (Å²) in [6.07, 6.45) is 4.51. The van der Waals surface area contributed by atoms with E-state index in [0.29, 0.717) is 57.1 Å². The van der Waals surface area contributed by atoms with Crippen LogP contribution in [0.1, 0.15) is 62.9 Å². The lowest BCUT2D eigenvalue weighted by Gasteiger charge is -2.23. The first kappa shape index (κ1) is 29.8. The largest absolute Gasteiger partial charge is 0.462 e. The number of rotatable bonds is 8. The zero-order valence-electron chi connectivity index (χ0n) is 24.7. The molecule has 0 saturated carbocycles. The summed E-state index contributed by atoms with van der Waals surface area (Å²) in [5.41, 5.74) is 10.1. The van der Waals surface area contributed by atoms with Crippen molar-refractivity contribution in [2.75, 3.05) is 24.2 Å². The maximum Gasteiger partial charge on any atom is 0.410 e. The van der Waals surface area contributed by atoms with Crippen molar-refractivity contribution in [3.8, 4) is 11.3 Å². The number of carbonyl (C=O) groups excluding carboxylic acids is 3. The maximum absolute atomic E-state index is 13.2. The third-order valence-corrected chi connectivity index (χ3v) is 8.55. The molecular weight excluding hydrogens is 594 g/mol. The molecule has 6 rings (SSSR count). The summed E-state index contributed by atoms with van der Waals surface area (Å²) in [5, 5.41) is 3.06. The van der Waals surface area contributed by atoms with Crippen LogP contribution in [0.4, 0.5) is 15.7 Å². The number of thiazole rings is 1. The first-order valence-corrected chi connectivity index (χ1v) is 15.3.